The van der Waals surface area contributed by atoms with E-state index in [0.717, 1.165) is 18.4 Å². The zero-order chi connectivity index (χ0) is 17.9. The molecule has 0 N–H and O–H groups in total. The van der Waals surface area contributed by atoms with E-state index >= 15 is 0 Å². The van der Waals surface area contributed by atoms with E-state index in [4.69, 9.17) is 4.74 Å². The van der Waals surface area contributed by atoms with Gasteiger partial charge in [-0.1, -0.05) is 44.2 Å². The number of nitrogens with zero attached hydrogens (tertiary/aromatic N) is 2. The lowest BCUT2D eigenvalue weighted by Gasteiger charge is -2.34. The van der Waals surface area contributed by atoms with Crippen LogP contribution in [0.1, 0.15) is 38.7 Å². The highest BCUT2D eigenvalue weighted by Gasteiger charge is 2.38. The largest absolute Gasteiger partial charge is 0.378 e. The predicted molar refractivity (Wildman–Crippen MR) is 96.2 cm³/mol. The Kier molecular flexibility index (Phi) is 5.42. The van der Waals surface area contributed by atoms with Crippen LogP contribution < -0.4 is 0 Å². The highest BCUT2D eigenvalue weighted by Crippen LogP contribution is 2.30. The molecule has 0 spiro atoms. The number of morpholine rings is 1. The third-order valence-electron chi connectivity index (χ3n) is 5.33. The highest BCUT2D eigenvalue weighted by atomic mass is 16.5. The second-order valence-electron chi connectivity index (χ2n) is 7.61. The minimum atomic E-state index is -0.294. The lowest BCUT2D eigenvalue weighted by atomic mass is 9.81. The first-order valence-corrected chi connectivity index (χ1v) is 9.20. The summed E-state index contributed by atoms with van der Waals surface area (Å²) in [6.07, 6.45) is 2.09. The number of amides is 2. The Morgan fingerprint density at radius 2 is 1.80 bits per heavy atom. The van der Waals surface area contributed by atoms with E-state index in [1.165, 1.54) is 0 Å². The smallest absolute Gasteiger partial charge is 0.245 e. The average molecular weight is 344 g/mol. The van der Waals surface area contributed by atoms with Gasteiger partial charge in [0.2, 0.25) is 11.8 Å². The van der Waals surface area contributed by atoms with Gasteiger partial charge in [0.25, 0.3) is 0 Å². The van der Waals surface area contributed by atoms with E-state index in [1.807, 2.05) is 28.0 Å². The van der Waals surface area contributed by atoms with Crippen molar-refractivity contribution in [2.24, 2.45) is 0 Å². The normalized spacial score (nSPS) is 21.4. The molecule has 2 saturated heterocycles. The molecule has 0 saturated carbocycles. The van der Waals surface area contributed by atoms with Crippen molar-refractivity contribution in [3.8, 4) is 0 Å². The molecule has 2 aliphatic heterocycles. The predicted octanol–water partition coefficient (Wildman–Crippen LogP) is 2.20. The summed E-state index contributed by atoms with van der Waals surface area (Å²) >= 11 is 0. The molecule has 2 amide bonds. The van der Waals surface area contributed by atoms with Gasteiger partial charge in [-0.15, -0.1) is 0 Å². The Balaban J connectivity index is 1.67. The van der Waals surface area contributed by atoms with Crippen molar-refractivity contribution in [1.82, 2.24) is 9.80 Å². The molecule has 1 aromatic rings. The van der Waals surface area contributed by atoms with Crippen molar-refractivity contribution in [3.05, 3.63) is 35.9 Å². The molecule has 0 radical (unpaired) electrons. The molecule has 25 heavy (non-hydrogen) atoms. The van der Waals surface area contributed by atoms with Crippen molar-refractivity contribution in [1.29, 1.82) is 0 Å². The van der Waals surface area contributed by atoms with Crippen LogP contribution in [0, 0.1) is 0 Å². The number of hydrogen-bond donors (Lipinski definition) is 0. The molecule has 2 fully saturated rings. The second-order valence-corrected chi connectivity index (χ2v) is 7.61. The van der Waals surface area contributed by atoms with E-state index in [-0.39, 0.29) is 23.3 Å². The number of rotatable bonds is 4. The van der Waals surface area contributed by atoms with Gasteiger partial charge in [0, 0.05) is 26.1 Å². The minimum absolute atomic E-state index is 0.0814. The molecular formula is C20H28N2O3. The maximum Gasteiger partial charge on any atom is 0.245 e. The van der Waals surface area contributed by atoms with Gasteiger partial charge < -0.3 is 14.5 Å². The molecule has 1 atom stereocenters. The fourth-order valence-electron chi connectivity index (χ4n) is 3.79. The second kappa shape index (κ2) is 7.56. The van der Waals surface area contributed by atoms with Crippen molar-refractivity contribution in [2.45, 2.75) is 44.6 Å². The number of carbonyl (C=O) groups is 2. The molecule has 3 rings (SSSR count). The topological polar surface area (TPSA) is 49.9 Å². The van der Waals surface area contributed by atoms with Crippen molar-refractivity contribution < 1.29 is 14.3 Å². The van der Waals surface area contributed by atoms with Crippen LogP contribution in [0.25, 0.3) is 0 Å². The van der Waals surface area contributed by atoms with Gasteiger partial charge in [0.05, 0.1) is 13.2 Å². The number of benzene rings is 1. The average Bonchev–Trinajstić information content (AvgIpc) is 3.12. The molecule has 136 valence electrons. The van der Waals surface area contributed by atoms with Crippen LogP contribution in [0.5, 0.6) is 0 Å². The molecule has 0 aromatic heterocycles. The summed E-state index contributed by atoms with van der Waals surface area (Å²) in [5.41, 5.74) is 0.909. The summed E-state index contributed by atoms with van der Waals surface area (Å²) in [4.78, 5) is 29.4. The number of hydrogen-bond acceptors (Lipinski definition) is 3. The maximum atomic E-state index is 13.0. The van der Waals surface area contributed by atoms with Gasteiger partial charge in [-0.2, -0.15) is 0 Å². The molecule has 0 unspecified atom stereocenters. The lowest BCUT2D eigenvalue weighted by Crippen LogP contribution is -2.51. The van der Waals surface area contributed by atoms with Crippen molar-refractivity contribution >= 4 is 11.8 Å². The van der Waals surface area contributed by atoms with Gasteiger partial charge >= 0.3 is 0 Å². The summed E-state index contributed by atoms with van der Waals surface area (Å²) in [6, 6.07) is 9.82. The zero-order valence-electron chi connectivity index (χ0n) is 15.2. The SMILES string of the molecule is CC(C)(CC(=O)N1CCC[C@H]1C(=O)N1CCOCC1)c1ccccc1. The molecule has 5 nitrogen and oxygen atoms in total. The Hall–Kier alpha value is -1.88. The number of ether oxygens (including phenoxy) is 1. The standard InChI is InChI=1S/C20H28N2O3/c1-20(2,16-7-4-3-5-8-16)15-18(23)22-10-6-9-17(22)19(24)21-11-13-25-14-12-21/h3-5,7-8,17H,6,9-15H2,1-2H3/t17-/m0/s1. The van der Waals surface area contributed by atoms with E-state index in [0.29, 0.717) is 39.3 Å². The minimum Gasteiger partial charge on any atom is -0.378 e. The Morgan fingerprint density at radius 1 is 1.12 bits per heavy atom. The van der Waals surface area contributed by atoms with Crippen LogP contribution >= 0.6 is 0 Å². The molecule has 1 aromatic carbocycles. The van der Waals surface area contributed by atoms with E-state index < -0.39 is 0 Å². The van der Waals surface area contributed by atoms with Crippen LogP contribution in [0.4, 0.5) is 0 Å². The van der Waals surface area contributed by atoms with Crippen molar-refractivity contribution in [2.75, 3.05) is 32.8 Å². The molecule has 0 bridgehead atoms. The van der Waals surface area contributed by atoms with Crippen LogP contribution in [0.2, 0.25) is 0 Å². The third kappa shape index (κ3) is 4.03. The summed E-state index contributed by atoms with van der Waals surface area (Å²) in [6.45, 7) is 7.31. The van der Waals surface area contributed by atoms with E-state index in [1.54, 1.807) is 0 Å². The molecule has 5 heteroatoms. The van der Waals surface area contributed by atoms with Crippen LogP contribution in [0.3, 0.4) is 0 Å². The monoisotopic (exact) mass is 344 g/mol. The quantitative estimate of drug-likeness (QED) is 0.841. The van der Waals surface area contributed by atoms with Gasteiger partial charge in [-0.3, -0.25) is 9.59 Å². The van der Waals surface area contributed by atoms with Crippen LogP contribution in [-0.2, 0) is 19.7 Å². The summed E-state index contributed by atoms with van der Waals surface area (Å²) < 4.78 is 5.33. The molecule has 2 aliphatic rings. The van der Waals surface area contributed by atoms with E-state index in [2.05, 4.69) is 26.0 Å². The molecular weight excluding hydrogens is 316 g/mol. The first kappa shape index (κ1) is 17.9. The van der Waals surface area contributed by atoms with E-state index in [9.17, 15) is 9.59 Å². The van der Waals surface area contributed by atoms with Gasteiger partial charge in [-0.25, -0.2) is 0 Å². The summed E-state index contributed by atoms with van der Waals surface area (Å²) in [5.74, 6) is 0.171. The van der Waals surface area contributed by atoms with Gasteiger partial charge in [0.15, 0.2) is 0 Å². The van der Waals surface area contributed by atoms with Gasteiger partial charge in [0.1, 0.15) is 6.04 Å². The lowest BCUT2D eigenvalue weighted by molar-refractivity contribution is -0.146. The Morgan fingerprint density at radius 3 is 2.48 bits per heavy atom. The summed E-state index contributed by atoms with van der Waals surface area (Å²) in [5, 5.41) is 0. The molecule has 0 aliphatic carbocycles. The number of carbonyl (C=O) groups excluding carboxylic acids is 2. The fourth-order valence-corrected chi connectivity index (χ4v) is 3.79. The van der Waals surface area contributed by atoms with Crippen molar-refractivity contribution in [3.63, 3.8) is 0 Å². The summed E-state index contributed by atoms with van der Waals surface area (Å²) in [7, 11) is 0. The Labute approximate surface area is 149 Å². The Bertz CT molecular complexity index is 609. The van der Waals surface area contributed by atoms with Crippen LogP contribution in [0.15, 0.2) is 30.3 Å². The molecule has 2 heterocycles. The first-order valence-electron chi connectivity index (χ1n) is 9.20. The third-order valence-corrected chi connectivity index (χ3v) is 5.33. The fraction of sp³-hybridized carbons (Fsp3) is 0.600. The van der Waals surface area contributed by atoms with Crippen LogP contribution in [-0.4, -0.2) is 60.5 Å². The maximum absolute atomic E-state index is 13.0. The highest BCUT2D eigenvalue weighted by molar-refractivity contribution is 5.88. The zero-order valence-corrected chi connectivity index (χ0v) is 15.2. The first-order chi connectivity index (χ1) is 12.0. The van der Waals surface area contributed by atoms with Gasteiger partial charge in [-0.05, 0) is 23.8 Å². The number of likely N-dealkylation sites (tertiary alicyclic amines) is 1.